The Bertz CT molecular complexity index is 1640. The number of hydrogen-bond acceptors (Lipinski definition) is 4. The molecule has 6 rings (SSSR count). The number of rotatable bonds is 5. The molecular weight excluding hydrogens is 486 g/mol. The molecular formula is C32H33N5O2. The first-order valence-corrected chi connectivity index (χ1v) is 13.4. The van der Waals surface area contributed by atoms with Crippen molar-refractivity contribution in [1.82, 2.24) is 24.5 Å². The summed E-state index contributed by atoms with van der Waals surface area (Å²) in [5.41, 5.74) is 7.24. The van der Waals surface area contributed by atoms with Gasteiger partial charge in [-0.15, -0.1) is 0 Å². The van der Waals surface area contributed by atoms with Crippen LogP contribution < -0.4 is 5.32 Å². The quantitative estimate of drug-likeness (QED) is 0.272. The second-order valence-corrected chi connectivity index (χ2v) is 11.4. The van der Waals surface area contributed by atoms with Crippen LogP contribution in [0.1, 0.15) is 45.6 Å². The van der Waals surface area contributed by atoms with E-state index in [0.717, 1.165) is 64.1 Å². The number of carbonyl (C=O) groups is 1. The van der Waals surface area contributed by atoms with Crippen molar-refractivity contribution in [1.29, 1.82) is 0 Å². The minimum Gasteiger partial charge on any atom is -0.444 e. The van der Waals surface area contributed by atoms with Gasteiger partial charge in [0.25, 0.3) is 0 Å². The second-order valence-electron chi connectivity index (χ2n) is 11.4. The number of ether oxygens (including phenoxy) is 1. The number of hydrogen-bond donors (Lipinski definition) is 1. The molecule has 0 bridgehead atoms. The summed E-state index contributed by atoms with van der Waals surface area (Å²) in [6.07, 6.45) is 8.45. The van der Waals surface area contributed by atoms with E-state index in [1.165, 1.54) is 0 Å². The zero-order valence-electron chi connectivity index (χ0n) is 22.8. The molecule has 0 spiro atoms. The fourth-order valence-electron chi connectivity index (χ4n) is 5.33. The standard InChI is InChI=1S/C32H33N5O2/c1-31(2,3)39-30(38)35-32(16-8-17-32)26-13-11-22(12-14-26)28-29(23-9-6-5-7-10-23)37-18-15-24(19-27(37)34-28)25-20-33-36(4)21-25/h5-7,9-15,18-21H,8,16-17H2,1-4H3,(H,35,38). The zero-order chi connectivity index (χ0) is 27.2. The van der Waals surface area contributed by atoms with E-state index in [-0.39, 0.29) is 11.6 Å². The number of alkyl carbamates (subject to hydrolysis) is 1. The summed E-state index contributed by atoms with van der Waals surface area (Å²) in [6, 6.07) is 23.0. The van der Waals surface area contributed by atoms with E-state index in [0.29, 0.717) is 0 Å². The van der Waals surface area contributed by atoms with Gasteiger partial charge in [0.2, 0.25) is 0 Å². The third-order valence-corrected chi connectivity index (χ3v) is 7.37. The van der Waals surface area contributed by atoms with Crippen LogP contribution in [0.3, 0.4) is 0 Å². The lowest BCUT2D eigenvalue weighted by molar-refractivity contribution is 0.0377. The molecule has 1 fully saturated rings. The molecule has 0 saturated heterocycles. The van der Waals surface area contributed by atoms with Crippen molar-refractivity contribution in [3.05, 3.63) is 90.9 Å². The van der Waals surface area contributed by atoms with Crippen LogP contribution >= 0.6 is 0 Å². The zero-order valence-corrected chi connectivity index (χ0v) is 22.8. The van der Waals surface area contributed by atoms with E-state index in [1.807, 2.05) is 58.4 Å². The number of imidazole rings is 1. The molecule has 2 aromatic carbocycles. The largest absolute Gasteiger partial charge is 0.444 e. The lowest BCUT2D eigenvalue weighted by Gasteiger charge is -2.43. The van der Waals surface area contributed by atoms with Crippen molar-refractivity contribution in [2.75, 3.05) is 0 Å². The molecule has 1 amide bonds. The Labute approximate surface area is 228 Å². The second kappa shape index (κ2) is 9.42. The number of aromatic nitrogens is 4. The van der Waals surface area contributed by atoms with Gasteiger partial charge in [0, 0.05) is 36.1 Å². The molecule has 3 aromatic heterocycles. The Morgan fingerprint density at radius 2 is 1.69 bits per heavy atom. The number of carbonyl (C=O) groups excluding carboxylic acids is 1. The first kappa shape index (κ1) is 24.9. The average Bonchev–Trinajstić information content (AvgIpc) is 3.49. The molecule has 7 heteroatoms. The molecule has 0 aliphatic heterocycles. The predicted molar refractivity (Wildman–Crippen MR) is 153 cm³/mol. The van der Waals surface area contributed by atoms with Gasteiger partial charge in [-0.05, 0) is 63.3 Å². The maximum absolute atomic E-state index is 12.6. The number of amides is 1. The van der Waals surface area contributed by atoms with Crippen LogP contribution in [-0.2, 0) is 17.3 Å². The molecule has 198 valence electrons. The topological polar surface area (TPSA) is 73.5 Å². The summed E-state index contributed by atoms with van der Waals surface area (Å²) in [5.74, 6) is 0. The minimum atomic E-state index is -0.535. The molecule has 0 unspecified atom stereocenters. The van der Waals surface area contributed by atoms with Crippen LogP contribution in [0, 0.1) is 0 Å². The molecule has 0 radical (unpaired) electrons. The van der Waals surface area contributed by atoms with Crippen molar-refractivity contribution in [3.63, 3.8) is 0 Å². The van der Waals surface area contributed by atoms with Crippen LogP contribution in [0.2, 0.25) is 0 Å². The van der Waals surface area contributed by atoms with Gasteiger partial charge in [-0.25, -0.2) is 9.78 Å². The van der Waals surface area contributed by atoms with Crippen molar-refractivity contribution in [2.24, 2.45) is 7.05 Å². The number of pyridine rings is 1. The lowest BCUT2D eigenvalue weighted by atomic mass is 9.71. The monoisotopic (exact) mass is 519 g/mol. The first-order chi connectivity index (χ1) is 18.7. The van der Waals surface area contributed by atoms with Crippen LogP contribution in [-0.4, -0.2) is 30.9 Å². The van der Waals surface area contributed by atoms with E-state index in [9.17, 15) is 4.79 Å². The fraction of sp³-hybridized carbons (Fsp3) is 0.281. The van der Waals surface area contributed by atoms with E-state index in [4.69, 9.17) is 9.72 Å². The highest BCUT2D eigenvalue weighted by atomic mass is 16.6. The summed E-state index contributed by atoms with van der Waals surface area (Å²) >= 11 is 0. The Hall–Kier alpha value is -4.39. The number of nitrogens with zero attached hydrogens (tertiary/aromatic N) is 4. The Kier molecular flexibility index (Phi) is 6.02. The van der Waals surface area contributed by atoms with Crippen LogP contribution in [0.4, 0.5) is 4.79 Å². The van der Waals surface area contributed by atoms with Gasteiger partial charge in [0.1, 0.15) is 11.2 Å². The number of aryl methyl sites for hydroxylation is 1. The first-order valence-electron chi connectivity index (χ1n) is 13.4. The molecule has 7 nitrogen and oxygen atoms in total. The third kappa shape index (κ3) is 4.80. The molecule has 3 heterocycles. The molecule has 1 N–H and O–H groups in total. The molecule has 0 atom stereocenters. The van der Waals surface area contributed by atoms with Gasteiger partial charge >= 0.3 is 6.09 Å². The van der Waals surface area contributed by atoms with Crippen LogP contribution in [0.15, 0.2) is 85.3 Å². The van der Waals surface area contributed by atoms with Crippen LogP contribution in [0.5, 0.6) is 0 Å². The fourth-order valence-corrected chi connectivity index (χ4v) is 5.33. The molecule has 39 heavy (non-hydrogen) atoms. The van der Waals surface area contributed by atoms with E-state index >= 15 is 0 Å². The number of fused-ring (bicyclic) bond motifs is 1. The number of nitrogens with one attached hydrogen (secondary N) is 1. The van der Waals surface area contributed by atoms with Gasteiger partial charge in [-0.1, -0.05) is 54.6 Å². The Balaban J connectivity index is 1.39. The summed E-state index contributed by atoms with van der Waals surface area (Å²) in [6.45, 7) is 5.65. The molecule has 1 aliphatic rings. The van der Waals surface area contributed by atoms with Gasteiger partial charge < -0.3 is 10.1 Å². The van der Waals surface area contributed by atoms with Crippen molar-refractivity contribution < 1.29 is 9.53 Å². The van der Waals surface area contributed by atoms with Crippen molar-refractivity contribution in [3.8, 4) is 33.6 Å². The molecule has 1 saturated carbocycles. The maximum atomic E-state index is 12.6. The van der Waals surface area contributed by atoms with Crippen molar-refractivity contribution in [2.45, 2.75) is 51.2 Å². The minimum absolute atomic E-state index is 0.373. The molecule has 1 aliphatic carbocycles. The highest BCUT2D eigenvalue weighted by Crippen LogP contribution is 2.42. The van der Waals surface area contributed by atoms with E-state index in [2.05, 4.69) is 69.5 Å². The number of benzene rings is 2. The summed E-state index contributed by atoms with van der Waals surface area (Å²) < 4.78 is 9.51. The highest BCUT2D eigenvalue weighted by molar-refractivity contribution is 5.83. The van der Waals surface area contributed by atoms with E-state index in [1.54, 1.807) is 4.68 Å². The normalized spacial score (nSPS) is 14.7. The smallest absolute Gasteiger partial charge is 0.408 e. The van der Waals surface area contributed by atoms with Gasteiger partial charge in [-0.2, -0.15) is 5.10 Å². The van der Waals surface area contributed by atoms with Crippen LogP contribution in [0.25, 0.3) is 39.3 Å². The SMILES string of the molecule is Cn1cc(-c2ccn3c(-c4ccccc4)c(-c4ccc(C5(NC(=O)OC(C)(C)C)CCC5)cc4)nc3c2)cn1. The molecule has 5 aromatic rings. The van der Waals surface area contributed by atoms with Crippen molar-refractivity contribution >= 4 is 11.7 Å². The highest BCUT2D eigenvalue weighted by Gasteiger charge is 2.41. The predicted octanol–water partition coefficient (Wildman–Crippen LogP) is 6.97. The summed E-state index contributed by atoms with van der Waals surface area (Å²) in [4.78, 5) is 17.7. The maximum Gasteiger partial charge on any atom is 0.408 e. The van der Waals surface area contributed by atoms with Gasteiger partial charge in [0.05, 0.1) is 23.1 Å². The third-order valence-electron chi connectivity index (χ3n) is 7.37. The van der Waals surface area contributed by atoms with E-state index < -0.39 is 5.60 Å². The van der Waals surface area contributed by atoms with Gasteiger partial charge in [0.15, 0.2) is 0 Å². The lowest BCUT2D eigenvalue weighted by Crippen LogP contribution is -2.52. The summed E-state index contributed by atoms with van der Waals surface area (Å²) in [7, 11) is 1.92. The van der Waals surface area contributed by atoms with Gasteiger partial charge in [-0.3, -0.25) is 9.08 Å². The average molecular weight is 520 g/mol. The summed E-state index contributed by atoms with van der Waals surface area (Å²) in [5, 5.41) is 7.48. The Morgan fingerprint density at radius 3 is 2.31 bits per heavy atom. The Morgan fingerprint density at radius 1 is 0.949 bits per heavy atom.